The minimum atomic E-state index is -0.508. The topological polar surface area (TPSA) is 26.3 Å². The van der Waals surface area contributed by atoms with Gasteiger partial charge in [-0.05, 0) is 37.7 Å². The molecule has 0 unspecified atom stereocenters. The number of carbonyl (C=O) groups is 1. The highest BCUT2D eigenvalue weighted by Crippen LogP contribution is 2.43. The number of rotatable bonds is 4. The fourth-order valence-corrected chi connectivity index (χ4v) is 4.66. The molecule has 1 heterocycles. The first-order chi connectivity index (χ1) is 11.4. The van der Waals surface area contributed by atoms with Crippen LogP contribution in [0.2, 0.25) is 0 Å². The zero-order chi connectivity index (χ0) is 17.2. The Morgan fingerprint density at radius 2 is 1.75 bits per heavy atom. The first-order valence-electron chi connectivity index (χ1n) is 9.50. The maximum Gasteiger partial charge on any atom is 0.317 e. The van der Waals surface area contributed by atoms with E-state index >= 15 is 0 Å². The summed E-state index contributed by atoms with van der Waals surface area (Å²) in [4.78, 5) is 13.3. The fraction of sp³-hybridized carbons (Fsp3) is 0.667. The molecule has 3 rings (SSSR count). The summed E-state index contributed by atoms with van der Waals surface area (Å²) < 4.78 is 7.05. The number of hydrogen-bond donors (Lipinski definition) is 0. The monoisotopic (exact) mass is 330 g/mol. The molecule has 0 amide bonds. The largest absolute Gasteiger partial charge is 0.456 e. The lowest BCUT2D eigenvalue weighted by Crippen LogP contribution is -2.52. The van der Waals surface area contributed by atoms with Crippen molar-refractivity contribution in [3.63, 3.8) is 0 Å². The van der Waals surface area contributed by atoms with Crippen molar-refractivity contribution in [3.05, 3.63) is 35.9 Å². The molecule has 3 heteroatoms. The van der Waals surface area contributed by atoms with Crippen LogP contribution in [-0.2, 0) is 14.9 Å². The second kappa shape index (κ2) is 6.87. The molecule has 0 aromatic heterocycles. The molecule has 0 N–H and O–H groups in total. The van der Waals surface area contributed by atoms with E-state index in [1.165, 1.54) is 19.4 Å². The van der Waals surface area contributed by atoms with Crippen LogP contribution in [0.3, 0.4) is 0 Å². The molecule has 0 spiro atoms. The zero-order valence-electron chi connectivity index (χ0n) is 15.5. The summed E-state index contributed by atoms with van der Waals surface area (Å²) in [6, 6.07) is 10.3. The Morgan fingerprint density at radius 3 is 2.38 bits per heavy atom. The van der Waals surface area contributed by atoms with Gasteiger partial charge >= 0.3 is 5.97 Å². The maximum absolute atomic E-state index is 13.3. The molecule has 2 atom stereocenters. The summed E-state index contributed by atoms with van der Waals surface area (Å²) in [6.45, 7) is 4.22. The minimum absolute atomic E-state index is 0.00694. The van der Waals surface area contributed by atoms with E-state index in [4.69, 9.17) is 4.74 Å². The number of likely N-dealkylation sites (N-methyl/N-ethyl adjacent to an activating group) is 1. The summed E-state index contributed by atoms with van der Waals surface area (Å²) in [7, 11) is 4.46. The minimum Gasteiger partial charge on any atom is -0.456 e. The highest BCUT2D eigenvalue weighted by molar-refractivity contribution is 5.83. The average molecular weight is 330 g/mol. The van der Waals surface area contributed by atoms with Gasteiger partial charge in [-0.15, -0.1) is 0 Å². The Balaban J connectivity index is 1.81. The van der Waals surface area contributed by atoms with Crippen LogP contribution in [0, 0.1) is 5.92 Å². The molecule has 2 fully saturated rings. The van der Waals surface area contributed by atoms with Gasteiger partial charge in [0.2, 0.25) is 0 Å². The number of quaternary nitrogens is 1. The number of piperidine rings is 1. The van der Waals surface area contributed by atoms with Crippen molar-refractivity contribution in [3.8, 4) is 0 Å². The number of likely N-dealkylation sites (tertiary alicyclic amines) is 1. The van der Waals surface area contributed by atoms with Gasteiger partial charge in [-0.25, -0.2) is 0 Å². The van der Waals surface area contributed by atoms with E-state index in [1.807, 2.05) is 18.2 Å². The van der Waals surface area contributed by atoms with Gasteiger partial charge in [0.1, 0.15) is 6.54 Å². The Bertz CT molecular complexity index is 562. The van der Waals surface area contributed by atoms with Crippen molar-refractivity contribution in [2.45, 2.75) is 57.0 Å². The molecule has 1 saturated carbocycles. The fourth-order valence-electron chi connectivity index (χ4n) is 4.66. The Morgan fingerprint density at radius 1 is 1.08 bits per heavy atom. The van der Waals surface area contributed by atoms with E-state index in [9.17, 15) is 4.79 Å². The van der Waals surface area contributed by atoms with Crippen molar-refractivity contribution < 1.29 is 14.0 Å². The first kappa shape index (κ1) is 17.5. The first-order valence-corrected chi connectivity index (χ1v) is 9.50. The van der Waals surface area contributed by atoms with E-state index in [1.54, 1.807) is 0 Å². The summed E-state index contributed by atoms with van der Waals surface area (Å²) in [5.74, 6) is 0.394. The lowest BCUT2D eigenvalue weighted by molar-refractivity contribution is -0.898. The molecular formula is C21H32NO2+. The van der Waals surface area contributed by atoms with Crippen molar-refractivity contribution in [2.24, 2.45) is 5.92 Å². The maximum atomic E-state index is 13.3. The van der Waals surface area contributed by atoms with Gasteiger partial charge < -0.3 is 9.22 Å². The number of esters is 1. The molecule has 132 valence electrons. The average Bonchev–Trinajstić information content (AvgIpc) is 3.09. The van der Waals surface area contributed by atoms with Gasteiger partial charge in [-0.3, -0.25) is 4.79 Å². The van der Waals surface area contributed by atoms with Crippen molar-refractivity contribution in [1.82, 2.24) is 0 Å². The highest BCUT2D eigenvalue weighted by Gasteiger charge is 2.46. The third-order valence-corrected chi connectivity index (χ3v) is 6.23. The predicted octanol–water partition coefficient (Wildman–Crippen LogP) is 3.92. The number of ether oxygens (including phenoxy) is 1. The summed E-state index contributed by atoms with van der Waals surface area (Å²) >= 11 is 0. The molecule has 2 aliphatic rings. The van der Waals surface area contributed by atoms with Crippen LogP contribution >= 0.6 is 0 Å². The highest BCUT2D eigenvalue weighted by atomic mass is 16.5. The smallest absolute Gasteiger partial charge is 0.317 e. The van der Waals surface area contributed by atoms with Crippen LogP contribution in [0.5, 0.6) is 0 Å². The summed E-state index contributed by atoms with van der Waals surface area (Å²) in [6.07, 6.45) is 6.92. The molecule has 3 nitrogen and oxygen atoms in total. The van der Waals surface area contributed by atoms with E-state index in [2.05, 4.69) is 33.2 Å². The number of benzene rings is 1. The normalized spacial score (nSPS) is 26.7. The molecule has 0 radical (unpaired) electrons. The summed E-state index contributed by atoms with van der Waals surface area (Å²) in [5, 5.41) is 0. The molecule has 1 aromatic carbocycles. The molecule has 24 heavy (non-hydrogen) atoms. The van der Waals surface area contributed by atoms with Crippen LogP contribution in [0.15, 0.2) is 30.3 Å². The van der Waals surface area contributed by atoms with Crippen LogP contribution in [-0.4, -0.2) is 43.7 Å². The molecule has 1 aliphatic carbocycles. The quantitative estimate of drug-likeness (QED) is 0.618. The lowest BCUT2D eigenvalue weighted by Gasteiger charge is -2.40. The molecule has 1 aliphatic heterocycles. The number of hydrogen-bond acceptors (Lipinski definition) is 2. The standard InChI is InChI=1S/C21H32NO2/c1-21(18-12-7-8-13-18,17-10-5-4-6-11-17)20(23)24-19-14-9-15-22(2,3)16-19/h4-6,10-11,18-19H,7-9,12-16H2,1-3H3/q+1/t19-,21+/m0/s1. The molecule has 0 bridgehead atoms. The Hall–Kier alpha value is -1.35. The van der Waals surface area contributed by atoms with Crippen LogP contribution in [0.4, 0.5) is 0 Å². The van der Waals surface area contributed by atoms with Crippen LogP contribution in [0.1, 0.15) is 51.0 Å². The lowest BCUT2D eigenvalue weighted by atomic mass is 9.71. The van der Waals surface area contributed by atoms with Gasteiger partial charge in [0.15, 0.2) is 6.10 Å². The predicted molar refractivity (Wildman–Crippen MR) is 96.7 cm³/mol. The van der Waals surface area contributed by atoms with Crippen molar-refractivity contribution in [1.29, 1.82) is 0 Å². The molecule has 1 saturated heterocycles. The van der Waals surface area contributed by atoms with Gasteiger partial charge in [-0.2, -0.15) is 0 Å². The van der Waals surface area contributed by atoms with Crippen LogP contribution in [0.25, 0.3) is 0 Å². The zero-order valence-corrected chi connectivity index (χ0v) is 15.5. The number of nitrogens with zero attached hydrogens (tertiary/aromatic N) is 1. The Labute approximate surface area is 146 Å². The van der Waals surface area contributed by atoms with Gasteiger partial charge in [-0.1, -0.05) is 43.2 Å². The third kappa shape index (κ3) is 3.51. The Kier molecular flexibility index (Phi) is 5.00. The van der Waals surface area contributed by atoms with Gasteiger partial charge in [0.25, 0.3) is 0 Å². The van der Waals surface area contributed by atoms with E-state index in [0.717, 1.165) is 42.3 Å². The van der Waals surface area contributed by atoms with Crippen LogP contribution < -0.4 is 0 Å². The van der Waals surface area contributed by atoms with Crippen molar-refractivity contribution in [2.75, 3.05) is 27.2 Å². The van der Waals surface area contributed by atoms with Crippen molar-refractivity contribution >= 4 is 5.97 Å². The van der Waals surface area contributed by atoms with E-state index in [0.29, 0.717) is 5.92 Å². The summed E-state index contributed by atoms with van der Waals surface area (Å²) in [5.41, 5.74) is 0.610. The van der Waals surface area contributed by atoms with E-state index in [-0.39, 0.29) is 12.1 Å². The second-order valence-electron chi connectivity index (χ2n) is 8.56. The molecule has 1 aromatic rings. The van der Waals surface area contributed by atoms with Gasteiger partial charge in [0, 0.05) is 6.42 Å². The third-order valence-electron chi connectivity index (χ3n) is 6.23. The molecular weight excluding hydrogens is 298 g/mol. The number of carbonyl (C=O) groups excluding carboxylic acids is 1. The SMILES string of the molecule is C[C@@](C(=O)O[C@H]1CCC[N+](C)(C)C1)(c1ccccc1)C1CCCC1. The van der Waals surface area contributed by atoms with Gasteiger partial charge in [0.05, 0.1) is 26.1 Å². The second-order valence-corrected chi connectivity index (χ2v) is 8.56. The van der Waals surface area contributed by atoms with E-state index < -0.39 is 5.41 Å².